The van der Waals surface area contributed by atoms with Crippen LogP contribution in [0.3, 0.4) is 0 Å². The fourth-order valence-electron chi connectivity index (χ4n) is 4.19. The minimum atomic E-state index is -0.805. The smallest absolute Gasteiger partial charge is 0.296 e. The third kappa shape index (κ3) is 3.83. The van der Waals surface area contributed by atoms with E-state index in [-0.39, 0.29) is 17.9 Å². The first-order valence-electron chi connectivity index (χ1n) is 10.8. The zero-order chi connectivity index (χ0) is 23.7. The van der Waals surface area contributed by atoms with E-state index in [0.29, 0.717) is 47.3 Å². The molecule has 0 bridgehead atoms. The first-order valence-corrected chi connectivity index (χ1v) is 10.8. The van der Waals surface area contributed by atoms with Gasteiger partial charge in [0.2, 0.25) is 0 Å². The summed E-state index contributed by atoms with van der Waals surface area (Å²) in [5, 5.41) is 11.3. The second-order valence-electron chi connectivity index (χ2n) is 7.88. The number of hydrogen-bond donors (Lipinski definition) is 1. The van der Waals surface area contributed by atoms with E-state index in [4.69, 9.17) is 14.2 Å². The van der Waals surface area contributed by atoms with E-state index in [9.17, 15) is 14.7 Å². The lowest BCUT2D eigenvalue weighted by Gasteiger charge is -2.25. The van der Waals surface area contributed by atoms with Gasteiger partial charge in [-0.25, -0.2) is 0 Å². The van der Waals surface area contributed by atoms with Crippen LogP contribution in [0.2, 0.25) is 0 Å². The highest BCUT2D eigenvalue weighted by Crippen LogP contribution is 2.42. The van der Waals surface area contributed by atoms with Crippen molar-refractivity contribution < 1.29 is 28.9 Å². The van der Waals surface area contributed by atoms with E-state index in [1.165, 1.54) is 4.90 Å². The van der Waals surface area contributed by atoms with Crippen molar-refractivity contribution in [3.05, 3.63) is 89.3 Å². The van der Waals surface area contributed by atoms with Crippen molar-refractivity contribution in [3.63, 3.8) is 0 Å². The third-order valence-electron chi connectivity index (χ3n) is 5.85. The molecule has 0 spiro atoms. The molecule has 0 saturated carbocycles. The van der Waals surface area contributed by atoms with Crippen LogP contribution in [0.5, 0.6) is 17.2 Å². The Kier molecular flexibility index (Phi) is 5.63. The molecule has 2 aliphatic rings. The number of Topliss-reactive ketones (excluding diaryl/α,β-unsaturated/α-hetero) is 1. The molecule has 1 unspecified atom stereocenters. The Morgan fingerprint density at radius 1 is 1.06 bits per heavy atom. The Hall–Kier alpha value is -4.33. The average Bonchev–Trinajstić information content (AvgIpc) is 3.13. The number of nitrogens with zero attached hydrogens (tertiary/aromatic N) is 2. The van der Waals surface area contributed by atoms with Crippen molar-refractivity contribution in [3.8, 4) is 17.2 Å². The van der Waals surface area contributed by atoms with E-state index >= 15 is 0 Å². The van der Waals surface area contributed by atoms with Gasteiger partial charge in [0.25, 0.3) is 11.7 Å². The molecule has 34 heavy (non-hydrogen) atoms. The quantitative estimate of drug-likeness (QED) is 0.355. The summed E-state index contributed by atoms with van der Waals surface area (Å²) in [5.74, 6) is -0.0734. The van der Waals surface area contributed by atoms with Gasteiger partial charge in [-0.3, -0.25) is 14.6 Å². The Bertz CT molecular complexity index is 1270. The number of ether oxygens (including phenoxy) is 3. The number of aliphatic hydroxyl groups excluding tert-OH is 1. The summed E-state index contributed by atoms with van der Waals surface area (Å²) in [6.07, 6.45) is 1.63. The van der Waals surface area contributed by atoms with Crippen LogP contribution in [0, 0.1) is 0 Å². The molecular weight excluding hydrogens is 436 g/mol. The van der Waals surface area contributed by atoms with Crippen LogP contribution in [0.4, 0.5) is 0 Å². The number of fused-ring (bicyclic) bond motifs is 1. The van der Waals surface area contributed by atoms with Gasteiger partial charge in [-0.15, -0.1) is 0 Å². The Labute approximate surface area is 196 Å². The number of likely N-dealkylation sites (tertiary alicyclic amines) is 1. The first kappa shape index (κ1) is 21.5. The monoisotopic (exact) mass is 458 g/mol. The molecule has 0 aliphatic carbocycles. The maximum absolute atomic E-state index is 13.2. The number of aromatic nitrogens is 1. The van der Waals surface area contributed by atoms with Crippen LogP contribution in [-0.4, -0.2) is 47.0 Å². The van der Waals surface area contributed by atoms with Gasteiger partial charge in [0.05, 0.1) is 31.0 Å². The zero-order valence-corrected chi connectivity index (χ0v) is 18.4. The summed E-state index contributed by atoms with van der Waals surface area (Å²) in [6.45, 7) is 0.936. The SMILES string of the molecule is COc1ccc(C2/C(=C(/O)c3ccc4c(c3)OCCO4)C(=O)C(=O)N2Cc2ccccn2)cc1. The molecule has 8 heteroatoms. The number of ketones is 1. The second kappa shape index (κ2) is 8.90. The molecule has 8 nitrogen and oxygen atoms in total. The number of carbonyl (C=O) groups excluding carboxylic acids is 2. The summed E-state index contributed by atoms with van der Waals surface area (Å²) in [6, 6.07) is 16.6. The lowest BCUT2D eigenvalue weighted by Crippen LogP contribution is -2.29. The van der Waals surface area contributed by atoms with Crippen LogP contribution in [0.1, 0.15) is 22.9 Å². The Morgan fingerprint density at radius 2 is 1.82 bits per heavy atom. The number of carbonyl (C=O) groups is 2. The Balaban J connectivity index is 1.62. The largest absolute Gasteiger partial charge is 0.507 e. The number of methoxy groups -OCH3 is 1. The highest BCUT2D eigenvalue weighted by Gasteiger charge is 2.46. The molecule has 1 N–H and O–H groups in total. The molecule has 3 aromatic rings. The van der Waals surface area contributed by atoms with Gasteiger partial charge in [-0.1, -0.05) is 18.2 Å². The average molecular weight is 458 g/mol. The highest BCUT2D eigenvalue weighted by molar-refractivity contribution is 6.46. The standard InChI is InChI=1S/C26H22N2O6/c1-32-19-8-5-16(6-9-19)23-22(24(29)17-7-10-20-21(14-17)34-13-12-33-20)25(30)26(31)28(23)15-18-4-2-3-11-27-18/h2-11,14,23,29H,12-13,15H2,1H3/b24-22-. The van der Waals surface area contributed by atoms with Crippen molar-refractivity contribution in [1.82, 2.24) is 9.88 Å². The van der Waals surface area contributed by atoms with Gasteiger partial charge in [0, 0.05) is 11.8 Å². The summed E-state index contributed by atoms with van der Waals surface area (Å²) < 4.78 is 16.4. The molecule has 1 fully saturated rings. The van der Waals surface area contributed by atoms with Crippen molar-refractivity contribution in [2.45, 2.75) is 12.6 Å². The van der Waals surface area contributed by atoms with Gasteiger partial charge >= 0.3 is 0 Å². The summed E-state index contributed by atoms with van der Waals surface area (Å²) in [4.78, 5) is 32.1. The fourth-order valence-corrected chi connectivity index (χ4v) is 4.19. The number of rotatable bonds is 5. The lowest BCUT2D eigenvalue weighted by molar-refractivity contribution is -0.140. The third-order valence-corrected chi connectivity index (χ3v) is 5.85. The van der Waals surface area contributed by atoms with E-state index in [2.05, 4.69) is 4.98 Å². The summed E-state index contributed by atoms with van der Waals surface area (Å²) >= 11 is 0. The molecule has 2 aliphatic heterocycles. The normalized spacial score (nSPS) is 18.7. The predicted molar refractivity (Wildman–Crippen MR) is 123 cm³/mol. The number of pyridine rings is 1. The van der Waals surface area contributed by atoms with E-state index in [0.717, 1.165) is 0 Å². The second-order valence-corrected chi connectivity index (χ2v) is 7.88. The van der Waals surface area contributed by atoms with Crippen LogP contribution in [0.15, 0.2) is 72.4 Å². The van der Waals surface area contributed by atoms with E-state index < -0.39 is 17.7 Å². The van der Waals surface area contributed by atoms with Gasteiger partial charge in [0.1, 0.15) is 24.7 Å². The Morgan fingerprint density at radius 3 is 2.53 bits per heavy atom. The number of benzene rings is 2. The minimum Gasteiger partial charge on any atom is -0.507 e. The summed E-state index contributed by atoms with van der Waals surface area (Å²) in [7, 11) is 1.56. The van der Waals surface area contributed by atoms with Crippen LogP contribution in [-0.2, 0) is 16.1 Å². The lowest BCUT2D eigenvalue weighted by atomic mass is 9.95. The first-order chi connectivity index (χ1) is 16.6. The molecule has 2 aromatic carbocycles. The van der Waals surface area contributed by atoms with Crippen LogP contribution >= 0.6 is 0 Å². The number of aliphatic hydroxyl groups is 1. The minimum absolute atomic E-state index is 0.00257. The zero-order valence-electron chi connectivity index (χ0n) is 18.4. The van der Waals surface area contributed by atoms with Crippen molar-refractivity contribution >= 4 is 17.4 Å². The van der Waals surface area contributed by atoms with E-state index in [1.54, 1.807) is 67.9 Å². The fraction of sp³-hybridized carbons (Fsp3) is 0.192. The predicted octanol–water partition coefficient (Wildman–Crippen LogP) is 3.48. The molecule has 0 radical (unpaired) electrons. The molecule has 1 amide bonds. The molecule has 1 aromatic heterocycles. The van der Waals surface area contributed by atoms with Crippen molar-refractivity contribution in [2.24, 2.45) is 0 Å². The summed E-state index contributed by atoms with van der Waals surface area (Å²) in [5.41, 5.74) is 1.65. The number of hydrogen-bond acceptors (Lipinski definition) is 7. The van der Waals surface area contributed by atoms with Crippen molar-refractivity contribution in [2.75, 3.05) is 20.3 Å². The maximum atomic E-state index is 13.2. The van der Waals surface area contributed by atoms with Gasteiger partial charge in [-0.2, -0.15) is 0 Å². The van der Waals surface area contributed by atoms with Crippen LogP contribution < -0.4 is 14.2 Å². The van der Waals surface area contributed by atoms with Crippen LogP contribution in [0.25, 0.3) is 5.76 Å². The molecular formula is C26H22N2O6. The number of amides is 1. The van der Waals surface area contributed by atoms with Crippen molar-refractivity contribution in [1.29, 1.82) is 0 Å². The maximum Gasteiger partial charge on any atom is 0.296 e. The van der Waals surface area contributed by atoms with Gasteiger partial charge < -0.3 is 24.2 Å². The van der Waals surface area contributed by atoms with E-state index in [1.807, 2.05) is 6.07 Å². The molecule has 1 saturated heterocycles. The van der Waals surface area contributed by atoms with Gasteiger partial charge in [-0.05, 0) is 48.0 Å². The molecule has 1 atom stereocenters. The topological polar surface area (TPSA) is 98.2 Å². The van der Waals surface area contributed by atoms with Gasteiger partial charge in [0.15, 0.2) is 11.5 Å². The molecule has 5 rings (SSSR count). The highest BCUT2D eigenvalue weighted by atomic mass is 16.6. The molecule has 172 valence electrons. The molecule has 3 heterocycles.